The molecule has 4 nitrogen and oxygen atoms in total. The fraction of sp³-hybridized carbons (Fsp3) is 0.312. The van der Waals surface area contributed by atoms with Gasteiger partial charge in [0.25, 0.3) is 0 Å². The smallest absolute Gasteiger partial charge is 0.387 e. The van der Waals surface area contributed by atoms with Gasteiger partial charge in [0.2, 0.25) is 0 Å². The van der Waals surface area contributed by atoms with Crippen LogP contribution < -0.4 is 10.1 Å². The molecule has 0 radical (unpaired) electrons. The van der Waals surface area contributed by atoms with Gasteiger partial charge in [0.15, 0.2) is 5.96 Å². The van der Waals surface area contributed by atoms with Crippen molar-refractivity contribution < 1.29 is 13.5 Å². The molecule has 1 aromatic carbocycles. The summed E-state index contributed by atoms with van der Waals surface area (Å²) in [7, 11) is 3.65. The summed E-state index contributed by atoms with van der Waals surface area (Å²) in [6.07, 6.45) is 0. The lowest BCUT2D eigenvalue weighted by Crippen LogP contribution is -2.37. The molecular weight excluding hydrogens is 320 g/mol. The van der Waals surface area contributed by atoms with Crippen LogP contribution in [-0.2, 0) is 13.1 Å². The predicted octanol–water partition coefficient (Wildman–Crippen LogP) is 3.56. The number of rotatable bonds is 6. The first-order chi connectivity index (χ1) is 11.1. The molecule has 2 rings (SSSR count). The molecule has 0 amide bonds. The number of nitrogens with zero attached hydrogens (tertiary/aromatic N) is 2. The van der Waals surface area contributed by atoms with Crippen LogP contribution in [0.3, 0.4) is 0 Å². The van der Waals surface area contributed by atoms with E-state index in [0.717, 1.165) is 11.5 Å². The van der Waals surface area contributed by atoms with Crippen molar-refractivity contribution in [3.63, 3.8) is 0 Å². The highest BCUT2D eigenvalue weighted by atomic mass is 32.1. The summed E-state index contributed by atoms with van der Waals surface area (Å²) in [6, 6.07) is 8.67. The zero-order valence-electron chi connectivity index (χ0n) is 13.0. The summed E-state index contributed by atoms with van der Waals surface area (Å²) in [5, 5.41) is 7.41. The Hall–Kier alpha value is -2.15. The van der Waals surface area contributed by atoms with E-state index in [2.05, 4.69) is 26.5 Å². The summed E-state index contributed by atoms with van der Waals surface area (Å²) >= 11 is 1.66. The van der Waals surface area contributed by atoms with Gasteiger partial charge in [-0.15, -0.1) is 0 Å². The average Bonchev–Trinajstić information content (AvgIpc) is 3.03. The van der Waals surface area contributed by atoms with Crippen molar-refractivity contribution >= 4 is 17.3 Å². The van der Waals surface area contributed by atoms with E-state index in [9.17, 15) is 8.78 Å². The van der Waals surface area contributed by atoms with E-state index >= 15 is 0 Å². The van der Waals surface area contributed by atoms with Crippen LogP contribution in [0.25, 0.3) is 0 Å². The molecule has 1 N–H and O–H groups in total. The normalized spacial score (nSPS) is 11.6. The highest BCUT2D eigenvalue weighted by Crippen LogP contribution is 2.15. The number of hydrogen-bond donors (Lipinski definition) is 1. The van der Waals surface area contributed by atoms with Gasteiger partial charge < -0.3 is 15.0 Å². The van der Waals surface area contributed by atoms with E-state index in [-0.39, 0.29) is 5.75 Å². The number of guanidine groups is 1. The minimum Gasteiger partial charge on any atom is -0.435 e. The lowest BCUT2D eigenvalue weighted by molar-refractivity contribution is -0.0498. The van der Waals surface area contributed by atoms with Gasteiger partial charge in [0, 0.05) is 27.2 Å². The molecule has 0 atom stereocenters. The van der Waals surface area contributed by atoms with Crippen molar-refractivity contribution in [1.82, 2.24) is 10.2 Å². The number of aliphatic imine (C=N–C) groups is 1. The molecule has 1 heterocycles. The molecule has 1 aromatic heterocycles. The van der Waals surface area contributed by atoms with Gasteiger partial charge in [0.05, 0.1) is 0 Å². The van der Waals surface area contributed by atoms with Crippen molar-refractivity contribution in [3.05, 3.63) is 52.2 Å². The Morgan fingerprint density at radius 1 is 1.26 bits per heavy atom. The molecule has 0 fully saturated rings. The number of halogens is 2. The largest absolute Gasteiger partial charge is 0.435 e. The van der Waals surface area contributed by atoms with Gasteiger partial charge in [-0.3, -0.25) is 4.99 Å². The molecule has 0 aliphatic carbocycles. The van der Waals surface area contributed by atoms with Crippen molar-refractivity contribution in [2.24, 2.45) is 4.99 Å². The highest BCUT2D eigenvalue weighted by molar-refractivity contribution is 7.07. The Kier molecular flexibility index (Phi) is 6.34. The van der Waals surface area contributed by atoms with Crippen LogP contribution in [0.15, 0.2) is 46.1 Å². The highest BCUT2D eigenvalue weighted by Gasteiger charge is 2.08. The van der Waals surface area contributed by atoms with E-state index in [4.69, 9.17) is 0 Å². The third-order valence-corrected chi connectivity index (χ3v) is 3.90. The van der Waals surface area contributed by atoms with E-state index in [0.29, 0.717) is 13.1 Å². The lowest BCUT2D eigenvalue weighted by Gasteiger charge is -2.22. The quantitative estimate of drug-likeness (QED) is 0.646. The molecule has 2 aromatic rings. The Morgan fingerprint density at radius 3 is 2.57 bits per heavy atom. The molecule has 0 unspecified atom stereocenters. The van der Waals surface area contributed by atoms with Crippen LogP contribution in [0.1, 0.15) is 11.1 Å². The predicted molar refractivity (Wildman–Crippen MR) is 89.1 cm³/mol. The third kappa shape index (κ3) is 5.52. The Morgan fingerprint density at radius 2 is 2.00 bits per heavy atom. The van der Waals surface area contributed by atoms with Gasteiger partial charge in [-0.1, -0.05) is 12.1 Å². The number of ether oxygens (including phenoxy) is 1. The van der Waals surface area contributed by atoms with Crippen LogP contribution in [-0.4, -0.2) is 31.6 Å². The van der Waals surface area contributed by atoms with Crippen molar-refractivity contribution in [2.45, 2.75) is 19.7 Å². The number of alkyl halides is 2. The molecule has 0 saturated carbocycles. The average molecular weight is 339 g/mol. The maximum absolute atomic E-state index is 12.1. The first-order valence-corrected chi connectivity index (χ1v) is 7.99. The first-order valence-electron chi connectivity index (χ1n) is 7.05. The van der Waals surface area contributed by atoms with Gasteiger partial charge in [0.1, 0.15) is 5.75 Å². The van der Waals surface area contributed by atoms with Crippen LogP contribution >= 0.6 is 11.3 Å². The molecular formula is C16H19F2N3OS. The van der Waals surface area contributed by atoms with Crippen molar-refractivity contribution in [2.75, 3.05) is 14.1 Å². The fourth-order valence-corrected chi connectivity index (χ4v) is 2.75. The minimum absolute atomic E-state index is 0.159. The number of thiophene rings is 1. The molecule has 0 bridgehead atoms. The second kappa shape index (κ2) is 8.47. The van der Waals surface area contributed by atoms with Crippen LogP contribution in [0.4, 0.5) is 8.78 Å². The zero-order valence-corrected chi connectivity index (χ0v) is 13.8. The molecule has 124 valence electrons. The van der Waals surface area contributed by atoms with E-state index in [1.807, 2.05) is 17.3 Å². The van der Waals surface area contributed by atoms with Crippen LogP contribution in [0.5, 0.6) is 5.75 Å². The monoisotopic (exact) mass is 339 g/mol. The van der Waals surface area contributed by atoms with Gasteiger partial charge >= 0.3 is 6.61 Å². The minimum atomic E-state index is -2.80. The number of nitrogens with one attached hydrogen (secondary N) is 1. The van der Waals surface area contributed by atoms with E-state index in [1.54, 1.807) is 30.5 Å². The summed E-state index contributed by atoms with van der Waals surface area (Å²) in [4.78, 5) is 6.22. The lowest BCUT2D eigenvalue weighted by atomic mass is 10.2. The summed E-state index contributed by atoms with van der Waals surface area (Å²) in [5.74, 6) is 0.926. The zero-order chi connectivity index (χ0) is 16.7. The SMILES string of the molecule is CN=C(NCc1ccsc1)N(C)Cc1ccc(OC(F)F)cc1. The van der Waals surface area contributed by atoms with Gasteiger partial charge in [-0.2, -0.15) is 20.1 Å². The standard InChI is InChI=1S/C16H19F2N3OS/c1-19-16(20-9-13-7-8-23-11-13)21(2)10-12-3-5-14(6-4-12)22-15(17)18/h3-8,11,15H,9-10H2,1-2H3,(H,19,20). The van der Waals surface area contributed by atoms with Crippen molar-refractivity contribution in [3.8, 4) is 5.75 Å². The molecule has 0 aliphatic heterocycles. The Labute approximate surface area is 138 Å². The third-order valence-electron chi connectivity index (χ3n) is 3.17. The molecule has 0 spiro atoms. The van der Waals surface area contributed by atoms with Gasteiger partial charge in [-0.25, -0.2) is 0 Å². The summed E-state index contributed by atoms with van der Waals surface area (Å²) < 4.78 is 28.6. The number of hydrogen-bond acceptors (Lipinski definition) is 3. The topological polar surface area (TPSA) is 36.9 Å². The Bertz CT molecular complexity index is 615. The maximum Gasteiger partial charge on any atom is 0.387 e. The van der Waals surface area contributed by atoms with E-state index in [1.165, 1.54) is 17.7 Å². The van der Waals surface area contributed by atoms with E-state index < -0.39 is 6.61 Å². The number of benzene rings is 1. The molecule has 0 saturated heterocycles. The van der Waals surface area contributed by atoms with Crippen LogP contribution in [0.2, 0.25) is 0 Å². The fourth-order valence-electron chi connectivity index (χ4n) is 2.08. The second-order valence-electron chi connectivity index (χ2n) is 4.91. The van der Waals surface area contributed by atoms with Crippen molar-refractivity contribution in [1.29, 1.82) is 0 Å². The maximum atomic E-state index is 12.1. The second-order valence-corrected chi connectivity index (χ2v) is 5.69. The summed E-state index contributed by atoms with van der Waals surface area (Å²) in [6.45, 7) is -1.48. The first kappa shape index (κ1) is 17.2. The molecule has 0 aliphatic rings. The Balaban J connectivity index is 1.89. The van der Waals surface area contributed by atoms with Gasteiger partial charge in [-0.05, 0) is 40.1 Å². The molecule has 23 heavy (non-hydrogen) atoms. The summed E-state index contributed by atoms with van der Waals surface area (Å²) in [5.41, 5.74) is 2.19. The van der Waals surface area contributed by atoms with Crippen LogP contribution in [0, 0.1) is 0 Å². The molecule has 7 heteroatoms.